The Morgan fingerprint density at radius 1 is 1.14 bits per heavy atom. The zero-order valence-electron chi connectivity index (χ0n) is 15.5. The van der Waals surface area contributed by atoms with Crippen LogP contribution in [0, 0.1) is 11.3 Å². The molecule has 0 bridgehead atoms. The summed E-state index contributed by atoms with van der Waals surface area (Å²) in [5.74, 6) is -0.747. The average molecular weight is 409 g/mol. The molecule has 0 spiro atoms. The van der Waals surface area contributed by atoms with Gasteiger partial charge in [-0.25, -0.2) is 4.99 Å². The molecule has 0 aromatic heterocycles. The first-order valence-corrected chi connectivity index (χ1v) is 9.10. The van der Waals surface area contributed by atoms with Gasteiger partial charge in [-0.15, -0.1) is 0 Å². The van der Waals surface area contributed by atoms with Crippen molar-refractivity contribution in [1.29, 1.82) is 5.26 Å². The minimum atomic E-state index is -0.559. The van der Waals surface area contributed by atoms with Crippen molar-refractivity contribution >= 4 is 34.9 Å². The Morgan fingerprint density at radius 2 is 1.83 bits per heavy atom. The fourth-order valence-electron chi connectivity index (χ4n) is 2.80. The van der Waals surface area contributed by atoms with E-state index in [2.05, 4.69) is 15.6 Å². The van der Waals surface area contributed by atoms with Gasteiger partial charge < -0.3 is 15.4 Å². The fraction of sp³-hybridized carbons (Fsp3) is 0.143. The Kier molecular flexibility index (Phi) is 6.39. The largest absolute Gasteiger partial charge is 0.383 e. The molecule has 1 aliphatic heterocycles. The van der Waals surface area contributed by atoms with Gasteiger partial charge in [0.15, 0.2) is 0 Å². The summed E-state index contributed by atoms with van der Waals surface area (Å²) in [4.78, 5) is 29.4. The van der Waals surface area contributed by atoms with Crippen LogP contribution in [0.15, 0.2) is 59.1 Å². The number of aliphatic imine (C=N–C) groups is 1. The van der Waals surface area contributed by atoms with E-state index in [-0.39, 0.29) is 23.7 Å². The van der Waals surface area contributed by atoms with Crippen LogP contribution < -0.4 is 10.6 Å². The number of hydrogen-bond donors (Lipinski definition) is 2. The number of carbonyl (C=O) groups excluding carboxylic acids is 2. The monoisotopic (exact) mass is 408 g/mol. The highest BCUT2D eigenvalue weighted by Crippen LogP contribution is 2.30. The maximum atomic E-state index is 12.6. The lowest BCUT2D eigenvalue weighted by Crippen LogP contribution is -2.30. The summed E-state index contributed by atoms with van der Waals surface area (Å²) in [6, 6.07) is 15.6. The summed E-state index contributed by atoms with van der Waals surface area (Å²) in [7, 11) is 1.52. The number of benzene rings is 2. The van der Waals surface area contributed by atoms with E-state index in [0.29, 0.717) is 28.3 Å². The lowest BCUT2D eigenvalue weighted by Gasteiger charge is -2.07. The fourth-order valence-corrected chi connectivity index (χ4v) is 3.02. The van der Waals surface area contributed by atoms with Crippen LogP contribution in [0.3, 0.4) is 0 Å². The normalized spacial score (nSPS) is 13.8. The Morgan fingerprint density at radius 3 is 2.52 bits per heavy atom. The quantitative estimate of drug-likeness (QED) is 0.450. The molecule has 0 aliphatic carbocycles. The number of nitrogens with one attached hydrogen (secondary N) is 2. The van der Waals surface area contributed by atoms with Crippen LogP contribution in [0.2, 0.25) is 5.02 Å². The summed E-state index contributed by atoms with van der Waals surface area (Å²) in [6.45, 7) is 0.577. The number of amidine groups is 1. The maximum absolute atomic E-state index is 12.6. The van der Waals surface area contributed by atoms with E-state index in [1.165, 1.54) is 7.11 Å². The Hall–Kier alpha value is -3.47. The number of methoxy groups -OCH3 is 1. The van der Waals surface area contributed by atoms with Crippen LogP contribution in [0.4, 0.5) is 0 Å². The van der Waals surface area contributed by atoms with Crippen LogP contribution in [-0.4, -0.2) is 37.9 Å². The van der Waals surface area contributed by atoms with Gasteiger partial charge in [-0.1, -0.05) is 48.0 Å². The number of halogens is 1. The highest BCUT2D eigenvalue weighted by atomic mass is 35.5. The van der Waals surface area contributed by atoms with Gasteiger partial charge in [0.25, 0.3) is 11.8 Å². The molecule has 0 fully saturated rings. The Bertz CT molecular complexity index is 1070. The van der Waals surface area contributed by atoms with Crippen molar-refractivity contribution < 1.29 is 14.3 Å². The molecule has 2 amide bonds. The van der Waals surface area contributed by atoms with Gasteiger partial charge in [0, 0.05) is 24.8 Å². The van der Waals surface area contributed by atoms with E-state index in [4.69, 9.17) is 16.3 Å². The summed E-state index contributed by atoms with van der Waals surface area (Å²) < 4.78 is 4.90. The van der Waals surface area contributed by atoms with Crippen molar-refractivity contribution in [3.8, 4) is 6.07 Å². The Balaban J connectivity index is 1.96. The average Bonchev–Trinajstić information content (AvgIpc) is 3.07. The third-order valence-electron chi connectivity index (χ3n) is 4.18. The summed E-state index contributed by atoms with van der Waals surface area (Å²) in [5.41, 5.74) is 1.55. The van der Waals surface area contributed by atoms with Gasteiger partial charge in [-0.05, 0) is 12.1 Å². The topological polar surface area (TPSA) is 104 Å². The zero-order valence-corrected chi connectivity index (χ0v) is 16.3. The second kappa shape index (κ2) is 9.15. The summed E-state index contributed by atoms with van der Waals surface area (Å²) in [5, 5.41) is 15.2. The van der Waals surface area contributed by atoms with Crippen LogP contribution in [0.5, 0.6) is 0 Å². The minimum absolute atomic E-state index is 0.143. The van der Waals surface area contributed by atoms with Crippen molar-refractivity contribution in [3.05, 3.63) is 75.8 Å². The number of nitriles is 1. The molecule has 2 aromatic carbocycles. The lowest BCUT2D eigenvalue weighted by molar-refractivity contribution is -0.117. The number of nitrogens with zero attached hydrogens (tertiary/aromatic N) is 2. The summed E-state index contributed by atoms with van der Waals surface area (Å²) in [6.07, 6.45) is 0. The van der Waals surface area contributed by atoms with E-state index in [9.17, 15) is 14.9 Å². The summed E-state index contributed by atoms with van der Waals surface area (Å²) >= 11 is 6.09. The number of carbonyl (C=O) groups is 2. The van der Waals surface area contributed by atoms with E-state index in [0.717, 1.165) is 0 Å². The van der Waals surface area contributed by atoms with Gasteiger partial charge in [0.1, 0.15) is 17.5 Å². The number of amides is 2. The van der Waals surface area contributed by atoms with Crippen LogP contribution in [0.25, 0.3) is 5.70 Å². The molecule has 146 valence electrons. The number of rotatable bonds is 5. The highest BCUT2D eigenvalue weighted by Gasteiger charge is 2.27. The molecule has 0 atom stereocenters. The molecule has 0 unspecified atom stereocenters. The first-order valence-electron chi connectivity index (χ1n) is 8.72. The third kappa shape index (κ3) is 4.35. The SMILES string of the molecule is COCCNC(=O)C(C#N)=C1N=C(NC(=O)c2ccccc2Cl)c2ccccc21. The molecule has 0 saturated carbocycles. The van der Waals surface area contributed by atoms with Crippen molar-refractivity contribution in [2.24, 2.45) is 4.99 Å². The van der Waals surface area contributed by atoms with Crippen molar-refractivity contribution in [1.82, 2.24) is 10.6 Å². The van der Waals surface area contributed by atoms with Crippen molar-refractivity contribution in [3.63, 3.8) is 0 Å². The molecule has 2 aromatic rings. The van der Waals surface area contributed by atoms with Crippen molar-refractivity contribution in [2.75, 3.05) is 20.3 Å². The highest BCUT2D eigenvalue weighted by molar-refractivity contribution is 6.34. The molecule has 8 heteroatoms. The van der Waals surface area contributed by atoms with Crippen LogP contribution in [-0.2, 0) is 9.53 Å². The third-order valence-corrected chi connectivity index (χ3v) is 4.51. The minimum Gasteiger partial charge on any atom is -0.383 e. The lowest BCUT2D eigenvalue weighted by atomic mass is 10.0. The van der Waals surface area contributed by atoms with Crippen LogP contribution in [0.1, 0.15) is 21.5 Å². The van der Waals surface area contributed by atoms with Crippen LogP contribution >= 0.6 is 11.6 Å². The molecule has 3 rings (SSSR count). The first kappa shape index (κ1) is 20.3. The van der Waals surface area contributed by atoms with Gasteiger partial charge in [0.2, 0.25) is 0 Å². The Labute approximate surface area is 172 Å². The molecule has 0 saturated heterocycles. The predicted octanol–water partition coefficient (Wildman–Crippen LogP) is 2.53. The van der Waals surface area contributed by atoms with Gasteiger partial charge in [-0.2, -0.15) is 5.26 Å². The van der Waals surface area contributed by atoms with Gasteiger partial charge in [0.05, 0.1) is 22.9 Å². The predicted molar refractivity (Wildman–Crippen MR) is 109 cm³/mol. The van der Waals surface area contributed by atoms with Gasteiger partial charge in [-0.3, -0.25) is 9.59 Å². The number of hydrogen-bond acceptors (Lipinski definition) is 5. The number of fused-ring (bicyclic) bond motifs is 1. The molecule has 1 aliphatic rings. The van der Waals surface area contributed by atoms with Crippen molar-refractivity contribution in [2.45, 2.75) is 0 Å². The molecule has 29 heavy (non-hydrogen) atoms. The second-order valence-electron chi connectivity index (χ2n) is 6.02. The first-order chi connectivity index (χ1) is 14.1. The molecule has 1 heterocycles. The van der Waals surface area contributed by atoms with E-state index in [1.54, 1.807) is 48.5 Å². The molecule has 0 radical (unpaired) electrons. The van der Waals surface area contributed by atoms with E-state index in [1.807, 2.05) is 6.07 Å². The molecular formula is C21H17ClN4O3. The smallest absolute Gasteiger partial charge is 0.264 e. The number of ether oxygens (including phenoxy) is 1. The molecule has 2 N–H and O–H groups in total. The second-order valence-corrected chi connectivity index (χ2v) is 6.43. The maximum Gasteiger partial charge on any atom is 0.264 e. The zero-order chi connectivity index (χ0) is 20.8. The molecular weight excluding hydrogens is 392 g/mol. The molecule has 7 nitrogen and oxygen atoms in total. The standard InChI is InChI=1S/C21H17ClN4O3/c1-29-11-10-24-20(27)16(12-23)18-13-6-2-3-7-14(13)19(25-18)26-21(28)15-8-4-5-9-17(15)22/h2-9H,10-11H2,1H3,(H,24,27)(H,25,26,28). The van der Waals surface area contributed by atoms with E-state index >= 15 is 0 Å². The van der Waals surface area contributed by atoms with Gasteiger partial charge >= 0.3 is 0 Å². The van der Waals surface area contributed by atoms with E-state index < -0.39 is 11.8 Å².